The Labute approximate surface area is 134 Å². The summed E-state index contributed by atoms with van der Waals surface area (Å²) >= 11 is 3.58. The fraction of sp³-hybridized carbons (Fsp3) is 0.235. The highest BCUT2D eigenvalue weighted by Gasteiger charge is 2.15. The van der Waals surface area contributed by atoms with Crippen LogP contribution in [-0.4, -0.2) is 12.1 Å². The van der Waals surface area contributed by atoms with E-state index < -0.39 is 0 Å². The molecule has 0 bridgehead atoms. The van der Waals surface area contributed by atoms with Gasteiger partial charge in [0.25, 0.3) is 0 Å². The third-order valence-corrected chi connectivity index (χ3v) is 3.88. The zero-order valence-electron chi connectivity index (χ0n) is 12.1. The second kappa shape index (κ2) is 7.84. The highest BCUT2D eigenvalue weighted by molar-refractivity contribution is 9.10. The summed E-state index contributed by atoms with van der Waals surface area (Å²) in [5.41, 5.74) is 2.05. The minimum Gasteiger partial charge on any atom is -0.497 e. The van der Waals surface area contributed by atoms with Gasteiger partial charge in [0.2, 0.25) is 0 Å². The van der Waals surface area contributed by atoms with Crippen LogP contribution >= 0.6 is 15.9 Å². The molecule has 0 aliphatic carbocycles. The number of hydrogen-bond acceptors (Lipinski definition) is 3. The molecule has 0 aliphatic rings. The zero-order chi connectivity index (χ0) is 15.1. The molecule has 1 N–H and O–H groups in total. The maximum absolute atomic E-state index is 5.18. The van der Waals surface area contributed by atoms with Crippen LogP contribution in [-0.2, 0) is 0 Å². The first-order valence-corrected chi connectivity index (χ1v) is 7.65. The number of pyridine rings is 1. The van der Waals surface area contributed by atoms with Gasteiger partial charge in [0.05, 0.1) is 18.8 Å². The fourth-order valence-corrected chi connectivity index (χ4v) is 2.64. The molecule has 4 heteroatoms. The Morgan fingerprint density at radius 2 is 2.10 bits per heavy atom. The molecule has 21 heavy (non-hydrogen) atoms. The molecule has 0 saturated carbocycles. The van der Waals surface area contributed by atoms with Gasteiger partial charge in [0.15, 0.2) is 0 Å². The van der Waals surface area contributed by atoms with Crippen LogP contribution in [0.15, 0.2) is 59.7 Å². The van der Waals surface area contributed by atoms with Crippen LogP contribution in [0.3, 0.4) is 0 Å². The quantitative estimate of drug-likeness (QED) is 0.718. The lowest BCUT2D eigenvalue weighted by Gasteiger charge is -2.20. The summed E-state index contributed by atoms with van der Waals surface area (Å²) < 4.78 is 6.20. The van der Waals surface area contributed by atoms with E-state index in [1.807, 2.05) is 48.7 Å². The number of anilines is 1. The van der Waals surface area contributed by atoms with Crippen molar-refractivity contribution >= 4 is 21.6 Å². The number of rotatable bonds is 7. The van der Waals surface area contributed by atoms with Crippen molar-refractivity contribution in [3.8, 4) is 5.75 Å². The van der Waals surface area contributed by atoms with E-state index in [0.717, 1.165) is 34.4 Å². The average Bonchev–Trinajstić information content (AvgIpc) is 2.53. The molecular weight excluding hydrogens is 328 g/mol. The van der Waals surface area contributed by atoms with Crippen molar-refractivity contribution < 1.29 is 4.74 Å². The van der Waals surface area contributed by atoms with Gasteiger partial charge in [-0.2, -0.15) is 0 Å². The molecule has 0 radical (unpaired) electrons. The van der Waals surface area contributed by atoms with Gasteiger partial charge in [-0.1, -0.05) is 6.08 Å². The predicted molar refractivity (Wildman–Crippen MR) is 90.7 cm³/mol. The highest BCUT2D eigenvalue weighted by Crippen LogP contribution is 2.28. The van der Waals surface area contributed by atoms with Crippen molar-refractivity contribution in [2.45, 2.75) is 18.9 Å². The van der Waals surface area contributed by atoms with Gasteiger partial charge in [-0.05, 0) is 65.2 Å². The normalized spacial score (nSPS) is 11.7. The number of halogens is 1. The van der Waals surface area contributed by atoms with E-state index in [1.165, 1.54) is 0 Å². The Balaban J connectivity index is 2.19. The summed E-state index contributed by atoms with van der Waals surface area (Å²) in [6, 6.07) is 12.0. The zero-order valence-corrected chi connectivity index (χ0v) is 13.6. The number of hydrogen-bond donors (Lipinski definition) is 1. The fourth-order valence-electron chi connectivity index (χ4n) is 2.10. The van der Waals surface area contributed by atoms with E-state index in [-0.39, 0.29) is 6.04 Å². The molecule has 0 spiro atoms. The van der Waals surface area contributed by atoms with Gasteiger partial charge < -0.3 is 10.1 Å². The van der Waals surface area contributed by atoms with Gasteiger partial charge in [-0.25, -0.2) is 0 Å². The molecule has 0 amide bonds. The maximum atomic E-state index is 5.18. The molecule has 2 aromatic rings. The summed E-state index contributed by atoms with van der Waals surface area (Å²) in [6.07, 6.45) is 5.61. The smallest absolute Gasteiger partial charge is 0.119 e. The van der Waals surface area contributed by atoms with Crippen LogP contribution in [0.25, 0.3) is 0 Å². The van der Waals surface area contributed by atoms with Crippen LogP contribution in [0.4, 0.5) is 5.69 Å². The molecule has 1 heterocycles. The third kappa shape index (κ3) is 4.33. The topological polar surface area (TPSA) is 34.1 Å². The average molecular weight is 347 g/mol. The SMILES string of the molecule is C=CCC[C@@H](Nc1ccc(OC)cc1)c1ncccc1Br. The van der Waals surface area contributed by atoms with Crippen LogP contribution < -0.4 is 10.1 Å². The van der Waals surface area contributed by atoms with Crippen LogP contribution in [0.1, 0.15) is 24.6 Å². The minimum absolute atomic E-state index is 0.131. The molecule has 0 aliphatic heterocycles. The summed E-state index contributed by atoms with van der Waals surface area (Å²) in [6.45, 7) is 3.80. The number of methoxy groups -OCH3 is 1. The van der Waals surface area contributed by atoms with Crippen molar-refractivity contribution in [2.75, 3.05) is 12.4 Å². The van der Waals surface area contributed by atoms with E-state index >= 15 is 0 Å². The number of nitrogens with zero attached hydrogens (tertiary/aromatic N) is 1. The van der Waals surface area contributed by atoms with Crippen molar-refractivity contribution in [2.24, 2.45) is 0 Å². The summed E-state index contributed by atoms with van der Waals surface area (Å²) in [4.78, 5) is 4.49. The van der Waals surface area contributed by atoms with E-state index in [9.17, 15) is 0 Å². The van der Waals surface area contributed by atoms with Gasteiger partial charge in [-0.3, -0.25) is 4.98 Å². The largest absolute Gasteiger partial charge is 0.497 e. The summed E-state index contributed by atoms with van der Waals surface area (Å²) in [7, 11) is 1.67. The number of aromatic nitrogens is 1. The van der Waals surface area contributed by atoms with Crippen molar-refractivity contribution in [1.82, 2.24) is 4.98 Å². The Bertz CT molecular complexity index is 584. The Hall–Kier alpha value is -1.81. The van der Waals surface area contributed by atoms with Crippen molar-refractivity contribution in [3.05, 3.63) is 65.4 Å². The van der Waals surface area contributed by atoms with Crippen LogP contribution in [0, 0.1) is 0 Å². The lowest BCUT2D eigenvalue weighted by molar-refractivity contribution is 0.415. The van der Waals surface area contributed by atoms with Crippen LogP contribution in [0.5, 0.6) is 5.75 Å². The first-order valence-electron chi connectivity index (χ1n) is 6.86. The number of ether oxygens (including phenoxy) is 1. The van der Waals surface area contributed by atoms with Gasteiger partial charge >= 0.3 is 0 Å². The second-order valence-corrected chi connectivity index (χ2v) is 5.52. The first kappa shape index (κ1) is 15.6. The van der Waals surface area contributed by atoms with Gasteiger partial charge in [-0.15, -0.1) is 6.58 Å². The van der Waals surface area contributed by atoms with E-state index in [0.29, 0.717) is 0 Å². The number of nitrogens with one attached hydrogen (secondary N) is 1. The molecule has 0 fully saturated rings. The number of benzene rings is 1. The molecule has 2 rings (SSSR count). The van der Waals surface area contributed by atoms with E-state index in [2.05, 4.69) is 32.8 Å². The Morgan fingerprint density at radius 1 is 1.33 bits per heavy atom. The lowest BCUT2D eigenvalue weighted by Crippen LogP contribution is -2.13. The molecule has 0 saturated heterocycles. The minimum atomic E-state index is 0.131. The molecule has 3 nitrogen and oxygen atoms in total. The molecule has 110 valence electrons. The molecule has 1 atom stereocenters. The third-order valence-electron chi connectivity index (χ3n) is 3.21. The second-order valence-electron chi connectivity index (χ2n) is 4.66. The monoisotopic (exact) mass is 346 g/mol. The van der Waals surface area contributed by atoms with Crippen molar-refractivity contribution in [3.63, 3.8) is 0 Å². The molecule has 0 unspecified atom stereocenters. The van der Waals surface area contributed by atoms with E-state index in [4.69, 9.17) is 4.74 Å². The standard InChI is InChI=1S/C17H19BrN2O/c1-3-4-7-16(17-15(18)6-5-12-19-17)20-13-8-10-14(21-2)11-9-13/h3,5-6,8-12,16,20H,1,4,7H2,2H3/t16-/m1/s1. The maximum Gasteiger partial charge on any atom is 0.119 e. The number of allylic oxidation sites excluding steroid dienone is 1. The van der Waals surface area contributed by atoms with Crippen molar-refractivity contribution in [1.29, 1.82) is 0 Å². The van der Waals surface area contributed by atoms with Gasteiger partial charge in [0.1, 0.15) is 5.75 Å². The Morgan fingerprint density at radius 3 is 2.71 bits per heavy atom. The van der Waals surface area contributed by atoms with Crippen LogP contribution in [0.2, 0.25) is 0 Å². The van der Waals surface area contributed by atoms with Gasteiger partial charge in [0, 0.05) is 16.4 Å². The molecule has 1 aromatic carbocycles. The first-order chi connectivity index (χ1) is 10.2. The Kier molecular flexibility index (Phi) is 5.81. The summed E-state index contributed by atoms with van der Waals surface area (Å²) in [5, 5.41) is 3.53. The highest BCUT2D eigenvalue weighted by atomic mass is 79.9. The molecular formula is C17H19BrN2O. The summed E-state index contributed by atoms with van der Waals surface area (Å²) in [5.74, 6) is 0.849. The lowest BCUT2D eigenvalue weighted by atomic mass is 10.1. The van der Waals surface area contributed by atoms with E-state index in [1.54, 1.807) is 7.11 Å². The molecule has 1 aromatic heterocycles. The predicted octanol–water partition coefficient (Wildman–Crippen LogP) is 4.97.